The Bertz CT molecular complexity index is 2710. The van der Waals surface area contributed by atoms with E-state index in [2.05, 4.69) is 54.5 Å². The fraction of sp³-hybridized carbons (Fsp3) is 0.937. The third kappa shape index (κ3) is 12.3. The lowest BCUT2D eigenvalue weighted by molar-refractivity contribution is -0.388. The molecule has 0 bridgehead atoms. The van der Waals surface area contributed by atoms with Crippen LogP contribution in [0.1, 0.15) is 113 Å². The van der Waals surface area contributed by atoms with Crippen molar-refractivity contribution in [3.05, 3.63) is 11.6 Å². The predicted molar refractivity (Wildman–Crippen MR) is 311 cm³/mol. The molecule has 538 valence electrons. The van der Waals surface area contributed by atoms with Crippen molar-refractivity contribution in [1.29, 1.82) is 0 Å². The molecule has 0 radical (unpaired) electrons. The number of ether oxygens (including phenoxy) is 12. The highest BCUT2D eigenvalue weighted by Gasteiger charge is 2.72. The van der Waals surface area contributed by atoms with Crippen molar-refractivity contribution in [1.82, 2.24) is 0 Å². The van der Waals surface area contributed by atoms with Crippen LogP contribution < -0.4 is 0 Å². The second-order valence-electron chi connectivity index (χ2n) is 30.7. The van der Waals surface area contributed by atoms with E-state index < -0.39 is 244 Å². The van der Waals surface area contributed by atoms with E-state index >= 15 is 4.79 Å². The standard InChI is InChI=1S/C63H100O31/c1-23-45(89-52-44(79)46(27(66)21-84-52)90-51-40(75)34(69)26(65)20-83-51)39(74)43(78)53(86-23)93-49-47(91-54-41(76)36(71)35(70)29(19-64)87-54)28(67)22-85-56(49)94-57(82)63-16-15-58(2,3)17-25(63)24-9-10-31-60(6)13-12-33(88-55-42(77)37(72)38(73)48(92-55)50(80)81)59(4,5)30(60)11-14-61(31,7)62(24,8)18-32(63)68/h9,23,25-49,51-56,64-79H,10-22H2,1-8H3,(H,80,81)/t23-,25-,26+,27+,28-,29+,30-,31+,32+,33-,34-,35+,36-,37-,38-,39-,40+,41+,42+,43+,44+,45-,46-,47-,48-,49+,51-,52-,53-,54-,55+,56-,60-,61+,62+,63+/m0/s1. The van der Waals surface area contributed by atoms with Gasteiger partial charge in [-0.3, -0.25) is 4.79 Å². The van der Waals surface area contributed by atoms with E-state index in [1.165, 1.54) is 6.92 Å². The van der Waals surface area contributed by atoms with Gasteiger partial charge in [0.15, 0.2) is 43.7 Å². The molecule has 0 unspecified atom stereocenters. The molecular weight excluding hydrogens is 1250 g/mol. The maximum atomic E-state index is 15.9. The first-order valence-corrected chi connectivity index (χ1v) is 33.0. The van der Waals surface area contributed by atoms with Crippen LogP contribution in [0.15, 0.2) is 11.6 Å². The van der Waals surface area contributed by atoms with Crippen molar-refractivity contribution in [3.8, 4) is 0 Å². The summed E-state index contributed by atoms with van der Waals surface area (Å²) in [5.74, 6) is -2.99. The minimum atomic E-state index is -2.11. The van der Waals surface area contributed by atoms with Crippen LogP contribution in [0.2, 0.25) is 0 Å². The summed E-state index contributed by atoms with van der Waals surface area (Å²) in [6, 6.07) is 0. The number of carbonyl (C=O) groups is 2. The molecular formula is C63H100O31. The number of rotatable bonds is 14. The minimum Gasteiger partial charge on any atom is -0.479 e. The lowest BCUT2D eigenvalue weighted by atomic mass is 9.33. The predicted octanol–water partition coefficient (Wildman–Crippen LogP) is -4.38. The Morgan fingerprint density at radius 1 is 0.521 bits per heavy atom. The summed E-state index contributed by atoms with van der Waals surface area (Å²) in [6.07, 6.45) is -43.0. The first-order chi connectivity index (χ1) is 44.0. The van der Waals surface area contributed by atoms with Crippen LogP contribution in [0.25, 0.3) is 0 Å². The molecule has 0 aromatic carbocycles. The fourth-order valence-electron chi connectivity index (χ4n) is 18.7. The maximum absolute atomic E-state index is 15.9. The van der Waals surface area contributed by atoms with Gasteiger partial charge in [-0.2, -0.15) is 0 Å². The van der Waals surface area contributed by atoms with Crippen molar-refractivity contribution in [2.45, 2.75) is 291 Å². The molecule has 4 saturated carbocycles. The Balaban J connectivity index is 0.852. The molecule has 0 amide bonds. The van der Waals surface area contributed by atoms with E-state index in [1.807, 2.05) is 0 Å². The van der Waals surface area contributed by atoms with Crippen molar-refractivity contribution in [2.75, 3.05) is 26.4 Å². The van der Waals surface area contributed by atoms with Gasteiger partial charge in [-0.05, 0) is 110 Å². The number of hydrogen-bond acceptors (Lipinski definition) is 30. The number of allylic oxidation sites excluding steroid dienone is 2. The van der Waals surface area contributed by atoms with Crippen molar-refractivity contribution in [2.24, 2.45) is 50.2 Å². The lowest BCUT2D eigenvalue weighted by Gasteiger charge is -2.71. The zero-order valence-corrected chi connectivity index (χ0v) is 54.1. The van der Waals surface area contributed by atoms with Gasteiger partial charge in [-0.15, -0.1) is 0 Å². The molecule has 94 heavy (non-hydrogen) atoms. The maximum Gasteiger partial charge on any atom is 0.335 e. The highest BCUT2D eigenvalue weighted by Crippen LogP contribution is 2.76. The zero-order chi connectivity index (χ0) is 68.6. The molecule has 31 heteroatoms. The van der Waals surface area contributed by atoms with E-state index in [0.717, 1.165) is 5.57 Å². The summed E-state index contributed by atoms with van der Waals surface area (Å²) < 4.78 is 71.6. The summed E-state index contributed by atoms with van der Waals surface area (Å²) in [7, 11) is 0. The molecule has 11 rings (SSSR count). The van der Waals surface area contributed by atoms with Crippen LogP contribution >= 0.6 is 0 Å². The van der Waals surface area contributed by atoms with Gasteiger partial charge in [0, 0.05) is 0 Å². The molecule has 31 nitrogen and oxygen atoms in total. The van der Waals surface area contributed by atoms with Crippen LogP contribution in [-0.2, 0) is 66.4 Å². The highest BCUT2D eigenvalue weighted by atomic mass is 16.8. The summed E-state index contributed by atoms with van der Waals surface area (Å²) in [6.45, 7) is 14.0. The zero-order valence-electron chi connectivity index (χ0n) is 54.1. The number of aliphatic carboxylic acids is 1. The van der Waals surface area contributed by atoms with E-state index in [0.29, 0.717) is 44.9 Å². The quantitative estimate of drug-likeness (QED) is 0.0444. The summed E-state index contributed by atoms with van der Waals surface area (Å²) in [5.41, 5.74) is -3.11. The molecule has 0 aromatic rings. The minimum absolute atomic E-state index is 0.0157. The Morgan fingerprint density at radius 2 is 1.07 bits per heavy atom. The molecule has 5 aliphatic carbocycles. The van der Waals surface area contributed by atoms with Crippen LogP contribution in [0.5, 0.6) is 0 Å². The van der Waals surface area contributed by atoms with Gasteiger partial charge in [0.1, 0.15) is 115 Å². The first-order valence-electron chi connectivity index (χ1n) is 33.0. The van der Waals surface area contributed by atoms with Crippen LogP contribution in [0, 0.1) is 50.2 Å². The number of carboxylic acid groups (broad SMARTS) is 1. The second-order valence-corrected chi connectivity index (χ2v) is 30.7. The first kappa shape index (κ1) is 72.8. The Kier molecular flexibility index (Phi) is 20.8. The average molecular weight is 1350 g/mol. The van der Waals surface area contributed by atoms with Gasteiger partial charge < -0.3 is 144 Å². The average Bonchev–Trinajstić information content (AvgIpc) is 0.672. The van der Waals surface area contributed by atoms with E-state index in [9.17, 15) is 91.6 Å². The van der Waals surface area contributed by atoms with E-state index in [1.54, 1.807) is 0 Å². The monoisotopic (exact) mass is 1350 g/mol. The number of carbonyl (C=O) groups excluding carboxylic acids is 1. The van der Waals surface area contributed by atoms with Crippen molar-refractivity contribution in [3.63, 3.8) is 0 Å². The van der Waals surface area contributed by atoms with Gasteiger partial charge in [-0.1, -0.05) is 60.1 Å². The summed E-state index contributed by atoms with van der Waals surface area (Å²) in [4.78, 5) is 27.9. The molecule has 36 atom stereocenters. The van der Waals surface area contributed by atoms with Crippen molar-refractivity contribution >= 4 is 11.9 Å². The molecule has 10 fully saturated rings. The number of fused-ring (bicyclic) bond motifs is 7. The number of esters is 1. The topological polar surface area (TPSA) is 489 Å². The van der Waals surface area contributed by atoms with Gasteiger partial charge in [0.25, 0.3) is 0 Å². The number of aliphatic hydroxyl groups excluding tert-OH is 16. The summed E-state index contributed by atoms with van der Waals surface area (Å²) >= 11 is 0. The van der Waals surface area contributed by atoms with Crippen molar-refractivity contribution < 1.29 is 153 Å². The molecule has 6 heterocycles. The summed E-state index contributed by atoms with van der Waals surface area (Å²) in [5, 5.41) is 186. The Morgan fingerprint density at radius 3 is 1.73 bits per heavy atom. The Labute approximate surface area is 543 Å². The fourth-order valence-corrected chi connectivity index (χ4v) is 18.7. The molecule has 0 aromatic heterocycles. The number of hydrogen-bond donors (Lipinski definition) is 17. The molecule has 0 spiro atoms. The van der Waals surface area contributed by atoms with E-state index in [4.69, 9.17) is 56.8 Å². The van der Waals surface area contributed by atoms with Crippen LogP contribution in [-0.4, -0.2) is 303 Å². The van der Waals surface area contributed by atoms with E-state index in [-0.39, 0.29) is 35.5 Å². The molecule has 6 aliphatic heterocycles. The lowest BCUT2D eigenvalue weighted by Crippen LogP contribution is -2.68. The van der Waals surface area contributed by atoms with Gasteiger partial charge in [0.05, 0.1) is 44.7 Å². The third-order valence-corrected chi connectivity index (χ3v) is 24.4. The normalized spacial score (nSPS) is 54.2. The molecule has 6 saturated heterocycles. The van der Waals surface area contributed by atoms with Gasteiger partial charge >= 0.3 is 11.9 Å². The van der Waals surface area contributed by atoms with Gasteiger partial charge in [-0.25, -0.2) is 4.79 Å². The SMILES string of the molecule is C[C@@H]1O[C@@H](O[C@H]2[C@H](OC(=O)[C@]34CCC(C)(C)C[C@H]3C3=CC[C@@H]5[C@@]6(C)CC[C@H](O[C@@H]7O[C@H](C(=O)O)[C@@H](O)[C@H](O)[C@H]7O)C(C)(C)[C@@H]6CC[C@@]5(C)[C@]3(C)C[C@H]4O)OC[C@H](O)[C@@H]2O[C@@H]2O[C@H](CO)[C@@H](O)[C@H](O)[C@H]2O)[C@H](O)[C@H](O)[C@H]1O[C@@H]1OC[C@@H](O)[C@H](O[C@@H]2OC[C@@H](O)[C@H](O)[C@H]2O)[C@H]1O. The number of carboxylic acids is 1. The molecule has 17 N–H and O–H groups in total. The number of aliphatic hydroxyl groups is 16. The highest BCUT2D eigenvalue weighted by molar-refractivity contribution is 5.80. The molecule has 11 aliphatic rings. The second kappa shape index (κ2) is 26.8. The largest absolute Gasteiger partial charge is 0.479 e. The van der Waals surface area contributed by atoms with Crippen LogP contribution in [0.3, 0.4) is 0 Å². The third-order valence-electron chi connectivity index (χ3n) is 24.4. The van der Waals surface area contributed by atoms with Gasteiger partial charge in [0.2, 0.25) is 6.29 Å². The Hall–Kier alpha value is -2.40. The smallest absolute Gasteiger partial charge is 0.335 e. The van der Waals surface area contributed by atoms with Crippen LogP contribution in [0.4, 0.5) is 0 Å².